The number of ether oxygens (including phenoxy) is 1. The van der Waals surface area contributed by atoms with E-state index >= 15 is 0 Å². The van der Waals surface area contributed by atoms with E-state index in [9.17, 15) is 4.79 Å². The quantitative estimate of drug-likeness (QED) is 0.817. The van der Waals surface area contributed by atoms with Crippen LogP contribution in [0.25, 0.3) is 0 Å². The van der Waals surface area contributed by atoms with Crippen molar-refractivity contribution in [2.24, 2.45) is 0 Å². The van der Waals surface area contributed by atoms with Crippen LogP contribution in [0.3, 0.4) is 0 Å². The minimum atomic E-state index is -0.327. The van der Waals surface area contributed by atoms with Crippen LogP contribution in [0.1, 0.15) is 43.0 Å². The number of aromatic nitrogens is 1. The zero-order valence-electron chi connectivity index (χ0n) is 10.3. The summed E-state index contributed by atoms with van der Waals surface area (Å²) in [5, 5.41) is 3.42. The summed E-state index contributed by atoms with van der Waals surface area (Å²) in [6, 6.07) is 3.41. The number of methoxy groups -OCH3 is 1. The van der Waals surface area contributed by atoms with E-state index in [4.69, 9.17) is 4.74 Å². The zero-order valence-corrected chi connectivity index (χ0v) is 10.3. The minimum absolute atomic E-state index is 0.113. The molecule has 1 aromatic heterocycles. The number of nitrogens with zero attached hydrogens (tertiary/aromatic N) is 1. The van der Waals surface area contributed by atoms with Crippen LogP contribution in [0.4, 0.5) is 5.82 Å². The fraction of sp³-hybridized carbons (Fsp3) is 0.538. The predicted octanol–water partition coefficient (Wildman–Crippen LogP) is 2.61. The number of carbonyl (C=O) groups is 1. The Morgan fingerprint density at radius 3 is 2.82 bits per heavy atom. The first-order valence-electron chi connectivity index (χ1n) is 5.95. The summed E-state index contributed by atoms with van der Waals surface area (Å²) in [5.41, 5.74) is 0.647. The van der Waals surface area contributed by atoms with Crippen LogP contribution in [-0.4, -0.2) is 23.6 Å². The third-order valence-electron chi connectivity index (χ3n) is 3.32. The van der Waals surface area contributed by atoms with E-state index in [0.717, 1.165) is 18.7 Å². The molecular formula is C13H18N2O2. The molecule has 0 atom stereocenters. The van der Waals surface area contributed by atoms with Crippen molar-refractivity contribution < 1.29 is 9.53 Å². The number of anilines is 1. The van der Waals surface area contributed by atoms with Gasteiger partial charge in [-0.2, -0.15) is 0 Å². The molecule has 4 nitrogen and oxygen atoms in total. The summed E-state index contributed by atoms with van der Waals surface area (Å²) in [5.74, 6) is 0.421. The molecule has 0 radical (unpaired) electrons. The smallest absolute Gasteiger partial charge is 0.338 e. The standard InChI is InChI=1S/C13H18N2O2/c1-13(6-3-4-7-13)15-11-9-10(5-8-14-11)12(16)17-2/h5,8-9H,3-4,6-7H2,1-2H3,(H,14,15). The topological polar surface area (TPSA) is 51.2 Å². The van der Waals surface area contributed by atoms with Crippen LogP contribution in [0.2, 0.25) is 0 Å². The van der Waals surface area contributed by atoms with E-state index in [1.165, 1.54) is 20.0 Å². The maximum atomic E-state index is 11.4. The maximum absolute atomic E-state index is 11.4. The van der Waals surface area contributed by atoms with Gasteiger partial charge in [-0.25, -0.2) is 9.78 Å². The van der Waals surface area contributed by atoms with Gasteiger partial charge in [0.15, 0.2) is 0 Å². The molecule has 92 valence electrons. The third-order valence-corrected chi connectivity index (χ3v) is 3.32. The third kappa shape index (κ3) is 2.75. The van der Waals surface area contributed by atoms with Gasteiger partial charge in [-0.1, -0.05) is 12.8 Å². The van der Waals surface area contributed by atoms with Crippen LogP contribution in [0.15, 0.2) is 18.3 Å². The average Bonchev–Trinajstić information content (AvgIpc) is 2.75. The zero-order chi connectivity index (χ0) is 12.3. The Bertz CT molecular complexity index is 412. The van der Waals surface area contributed by atoms with Gasteiger partial charge in [0.2, 0.25) is 0 Å². The average molecular weight is 234 g/mol. The summed E-state index contributed by atoms with van der Waals surface area (Å²) in [4.78, 5) is 15.7. The summed E-state index contributed by atoms with van der Waals surface area (Å²) >= 11 is 0. The SMILES string of the molecule is COC(=O)c1ccnc(NC2(C)CCCC2)c1. The fourth-order valence-corrected chi connectivity index (χ4v) is 2.33. The molecule has 1 aliphatic carbocycles. The first-order valence-corrected chi connectivity index (χ1v) is 5.95. The van der Waals surface area contributed by atoms with Crippen LogP contribution in [0, 0.1) is 0 Å². The van der Waals surface area contributed by atoms with E-state index in [1.807, 2.05) is 0 Å². The van der Waals surface area contributed by atoms with Crippen LogP contribution in [-0.2, 0) is 4.74 Å². The number of hydrogen-bond donors (Lipinski definition) is 1. The Morgan fingerprint density at radius 2 is 2.18 bits per heavy atom. The van der Waals surface area contributed by atoms with Crippen molar-refractivity contribution in [2.45, 2.75) is 38.1 Å². The van der Waals surface area contributed by atoms with Crippen molar-refractivity contribution in [2.75, 3.05) is 12.4 Å². The van der Waals surface area contributed by atoms with E-state index in [0.29, 0.717) is 5.56 Å². The van der Waals surface area contributed by atoms with E-state index in [2.05, 4.69) is 17.2 Å². The van der Waals surface area contributed by atoms with Crippen molar-refractivity contribution in [1.82, 2.24) is 4.98 Å². The lowest BCUT2D eigenvalue weighted by atomic mass is 10.0. The minimum Gasteiger partial charge on any atom is -0.465 e. The van der Waals surface area contributed by atoms with Crippen molar-refractivity contribution >= 4 is 11.8 Å². The summed E-state index contributed by atoms with van der Waals surface area (Å²) in [7, 11) is 1.38. The first kappa shape index (κ1) is 11.9. The summed E-state index contributed by atoms with van der Waals surface area (Å²) in [6.07, 6.45) is 6.43. The molecule has 1 heterocycles. The van der Waals surface area contributed by atoms with Crippen molar-refractivity contribution in [1.29, 1.82) is 0 Å². The van der Waals surface area contributed by atoms with Gasteiger partial charge < -0.3 is 10.1 Å². The second kappa shape index (κ2) is 4.73. The molecule has 1 aliphatic rings. The fourth-order valence-electron chi connectivity index (χ4n) is 2.33. The molecule has 1 N–H and O–H groups in total. The van der Waals surface area contributed by atoms with E-state index in [-0.39, 0.29) is 11.5 Å². The Morgan fingerprint density at radius 1 is 1.47 bits per heavy atom. The molecule has 0 amide bonds. The molecule has 0 aliphatic heterocycles. The van der Waals surface area contributed by atoms with Gasteiger partial charge in [-0.3, -0.25) is 0 Å². The molecule has 4 heteroatoms. The molecule has 17 heavy (non-hydrogen) atoms. The molecule has 0 unspecified atom stereocenters. The van der Waals surface area contributed by atoms with Gasteiger partial charge in [0, 0.05) is 11.7 Å². The lowest BCUT2D eigenvalue weighted by molar-refractivity contribution is 0.0600. The normalized spacial score (nSPS) is 17.8. The van der Waals surface area contributed by atoms with Gasteiger partial charge in [0.25, 0.3) is 0 Å². The molecule has 0 spiro atoms. The highest BCUT2D eigenvalue weighted by molar-refractivity contribution is 5.90. The molecule has 2 rings (SSSR count). The van der Waals surface area contributed by atoms with Gasteiger partial charge in [-0.15, -0.1) is 0 Å². The molecular weight excluding hydrogens is 216 g/mol. The number of pyridine rings is 1. The molecule has 0 bridgehead atoms. The van der Waals surface area contributed by atoms with Crippen molar-refractivity contribution in [3.8, 4) is 0 Å². The van der Waals surface area contributed by atoms with Crippen LogP contribution in [0.5, 0.6) is 0 Å². The van der Waals surface area contributed by atoms with E-state index < -0.39 is 0 Å². The van der Waals surface area contributed by atoms with Crippen molar-refractivity contribution in [3.63, 3.8) is 0 Å². The highest BCUT2D eigenvalue weighted by Crippen LogP contribution is 2.32. The summed E-state index contributed by atoms with van der Waals surface area (Å²) in [6.45, 7) is 2.20. The van der Waals surface area contributed by atoms with Gasteiger partial charge >= 0.3 is 5.97 Å². The summed E-state index contributed by atoms with van der Waals surface area (Å²) < 4.78 is 4.69. The van der Waals surface area contributed by atoms with Gasteiger partial charge in [0.1, 0.15) is 5.82 Å². The maximum Gasteiger partial charge on any atom is 0.338 e. The lowest BCUT2D eigenvalue weighted by Gasteiger charge is -2.26. The largest absolute Gasteiger partial charge is 0.465 e. The number of esters is 1. The Hall–Kier alpha value is -1.58. The monoisotopic (exact) mass is 234 g/mol. The predicted molar refractivity (Wildman–Crippen MR) is 66.1 cm³/mol. The highest BCUT2D eigenvalue weighted by atomic mass is 16.5. The van der Waals surface area contributed by atoms with Gasteiger partial charge in [-0.05, 0) is 31.9 Å². The molecule has 1 saturated carbocycles. The first-order chi connectivity index (χ1) is 8.13. The Labute approximate surface area is 101 Å². The second-order valence-electron chi connectivity index (χ2n) is 4.81. The number of carbonyl (C=O) groups excluding carboxylic acids is 1. The van der Waals surface area contributed by atoms with Crippen LogP contribution >= 0.6 is 0 Å². The molecule has 1 aromatic rings. The van der Waals surface area contributed by atoms with Gasteiger partial charge in [0.05, 0.1) is 12.7 Å². The molecule has 1 fully saturated rings. The highest BCUT2D eigenvalue weighted by Gasteiger charge is 2.28. The number of nitrogens with one attached hydrogen (secondary N) is 1. The molecule has 0 aromatic carbocycles. The lowest BCUT2D eigenvalue weighted by Crippen LogP contribution is -2.31. The van der Waals surface area contributed by atoms with E-state index in [1.54, 1.807) is 18.3 Å². The van der Waals surface area contributed by atoms with Crippen LogP contribution < -0.4 is 5.32 Å². The second-order valence-corrected chi connectivity index (χ2v) is 4.81. The Balaban J connectivity index is 2.13. The van der Waals surface area contributed by atoms with Crippen molar-refractivity contribution in [3.05, 3.63) is 23.9 Å². The Kier molecular flexibility index (Phi) is 3.31. The molecule has 0 saturated heterocycles. The number of hydrogen-bond acceptors (Lipinski definition) is 4. The number of rotatable bonds is 3.